The minimum atomic E-state index is -0.949. The Morgan fingerprint density at radius 2 is 2.05 bits per heavy atom. The van der Waals surface area contributed by atoms with Crippen LogP contribution < -0.4 is 5.73 Å². The third kappa shape index (κ3) is 2.38. The van der Waals surface area contributed by atoms with E-state index >= 15 is 0 Å². The third-order valence-electron chi connectivity index (χ3n) is 2.92. The average Bonchev–Trinajstić information content (AvgIpc) is 2.78. The number of ether oxygens (including phenoxy) is 1. The summed E-state index contributed by atoms with van der Waals surface area (Å²) in [6.45, 7) is 1.90. The predicted octanol–water partition coefficient (Wildman–Crippen LogP) is 3.62. The minimum Gasteiger partial charge on any atom is -0.465 e. The Bertz CT molecular complexity index is 667. The molecule has 0 bridgehead atoms. The standard InChI is InChI=1S/C14H13F2NO2S/c1-3-10-11(7-4-5-8(15)9(16)6-7)12(17)13(20-10)14(18)19-2/h4-6H,3,17H2,1-2H3. The van der Waals surface area contributed by atoms with Crippen LogP contribution in [-0.2, 0) is 11.2 Å². The molecule has 1 aromatic heterocycles. The number of rotatable bonds is 3. The number of anilines is 1. The summed E-state index contributed by atoms with van der Waals surface area (Å²) in [4.78, 5) is 12.8. The number of nitrogen functional groups attached to an aromatic ring is 1. The summed E-state index contributed by atoms with van der Waals surface area (Å²) in [5, 5.41) is 0. The molecule has 2 N–H and O–H groups in total. The van der Waals surface area contributed by atoms with Gasteiger partial charge in [-0.25, -0.2) is 13.6 Å². The monoisotopic (exact) mass is 297 g/mol. The summed E-state index contributed by atoms with van der Waals surface area (Å²) in [5.74, 6) is -2.40. The van der Waals surface area contributed by atoms with Gasteiger partial charge in [-0.1, -0.05) is 13.0 Å². The third-order valence-corrected chi connectivity index (χ3v) is 4.25. The number of benzene rings is 1. The van der Waals surface area contributed by atoms with E-state index in [9.17, 15) is 13.6 Å². The fourth-order valence-corrected chi connectivity index (χ4v) is 3.05. The van der Waals surface area contributed by atoms with Gasteiger partial charge in [0.2, 0.25) is 0 Å². The molecule has 6 heteroatoms. The van der Waals surface area contributed by atoms with E-state index in [1.807, 2.05) is 6.92 Å². The Balaban J connectivity index is 2.63. The molecule has 2 rings (SSSR count). The fourth-order valence-electron chi connectivity index (χ4n) is 1.95. The number of hydrogen-bond donors (Lipinski definition) is 1. The van der Waals surface area contributed by atoms with Crippen LogP contribution in [0.25, 0.3) is 11.1 Å². The van der Waals surface area contributed by atoms with Gasteiger partial charge in [-0.05, 0) is 24.1 Å². The highest BCUT2D eigenvalue weighted by atomic mass is 32.1. The zero-order valence-electron chi connectivity index (χ0n) is 11.0. The lowest BCUT2D eigenvalue weighted by molar-refractivity contribution is 0.0607. The van der Waals surface area contributed by atoms with Crippen LogP contribution in [0.2, 0.25) is 0 Å². The van der Waals surface area contributed by atoms with Gasteiger partial charge in [0.25, 0.3) is 0 Å². The normalized spacial score (nSPS) is 10.6. The van der Waals surface area contributed by atoms with Crippen LogP contribution in [0.4, 0.5) is 14.5 Å². The van der Waals surface area contributed by atoms with Crippen LogP contribution >= 0.6 is 11.3 Å². The Hall–Kier alpha value is -1.95. The number of carbonyl (C=O) groups excluding carboxylic acids is 1. The van der Waals surface area contributed by atoms with E-state index in [4.69, 9.17) is 5.73 Å². The van der Waals surface area contributed by atoms with Crippen molar-refractivity contribution < 1.29 is 18.3 Å². The Morgan fingerprint density at radius 3 is 2.60 bits per heavy atom. The van der Waals surface area contributed by atoms with Crippen LogP contribution in [-0.4, -0.2) is 13.1 Å². The number of nitrogens with two attached hydrogens (primary N) is 1. The van der Waals surface area contributed by atoms with E-state index in [2.05, 4.69) is 4.74 Å². The molecule has 106 valence electrons. The SMILES string of the molecule is CCc1sc(C(=O)OC)c(N)c1-c1ccc(F)c(F)c1. The van der Waals surface area contributed by atoms with Gasteiger partial charge < -0.3 is 10.5 Å². The van der Waals surface area contributed by atoms with Gasteiger partial charge in [0.1, 0.15) is 4.88 Å². The number of esters is 1. The Labute approximate surface area is 119 Å². The summed E-state index contributed by atoms with van der Waals surface area (Å²) in [6, 6.07) is 3.56. The maximum atomic E-state index is 13.4. The summed E-state index contributed by atoms with van der Waals surface area (Å²) in [7, 11) is 1.27. The molecule has 20 heavy (non-hydrogen) atoms. The highest BCUT2D eigenvalue weighted by molar-refractivity contribution is 7.15. The second-order valence-corrected chi connectivity index (χ2v) is 5.22. The van der Waals surface area contributed by atoms with Crippen molar-refractivity contribution in [3.8, 4) is 11.1 Å². The number of methoxy groups -OCH3 is 1. The first-order chi connectivity index (χ1) is 9.49. The van der Waals surface area contributed by atoms with E-state index in [-0.39, 0.29) is 10.6 Å². The van der Waals surface area contributed by atoms with Gasteiger partial charge in [0, 0.05) is 10.4 Å². The highest BCUT2D eigenvalue weighted by Crippen LogP contribution is 2.40. The zero-order valence-corrected chi connectivity index (χ0v) is 11.8. The molecule has 0 unspecified atom stereocenters. The van der Waals surface area contributed by atoms with Crippen molar-refractivity contribution in [2.24, 2.45) is 0 Å². The first-order valence-corrected chi connectivity index (χ1v) is 6.76. The average molecular weight is 297 g/mol. The summed E-state index contributed by atoms with van der Waals surface area (Å²) in [6.07, 6.45) is 0.625. The topological polar surface area (TPSA) is 52.3 Å². The molecular formula is C14H13F2NO2S. The molecule has 3 nitrogen and oxygen atoms in total. The van der Waals surface area contributed by atoms with Crippen molar-refractivity contribution in [1.82, 2.24) is 0 Å². The van der Waals surface area contributed by atoms with Gasteiger partial charge >= 0.3 is 5.97 Å². The van der Waals surface area contributed by atoms with Crippen LogP contribution in [0, 0.1) is 11.6 Å². The van der Waals surface area contributed by atoms with E-state index in [0.29, 0.717) is 17.5 Å². The van der Waals surface area contributed by atoms with Gasteiger partial charge in [-0.2, -0.15) is 0 Å². The molecule has 0 aliphatic rings. The Morgan fingerprint density at radius 1 is 1.35 bits per heavy atom. The molecule has 1 heterocycles. The number of carbonyl (C=O) groups is 1. The quantitative estimate of drug-likeness (QED) is 0.880. The van der Waals surface area contributed by atoms with Crippen molar-refractivity contribution in [2.45, 2.75) is 13.3 Å². The maximum absolute atomic E-state index is 13.4. The van der Waals surface area contributed by atoms with Crippen molar-refractivity contribution in [1.29, 1.82) is 0 Å². The van der Waals surface area contributed by atoms with Crippen LogP contribution in [0.5, 0.6) is 0 Å². The lowest BCUT2D eigenvalue weighted by atomic mass is 10.0. The second kappa shape index (κ2) is 5.58. The van der Waals surface area contributed by atoms with Crippen molar-refractivity contribution >= 4 is 23.0 Å². The fraction of sp³-hybridized carbons (Fsp3) is 0.214. The van der Waals surface area contributed by atoms with Crippen molar-refractivity contribution in [3.05, 3.63) is 39.6 Å². The van der Waals surface area contributed by atoms with Gasteiger partial charge in [-0.3, -0.25) is 0 Å². The van der Waals surface area contributed by atoms with Crippen LogP contribution in [0.15, 0.2) is 18.2 Å². The Kier molecular flexibility index (Phi) is 4.04. The molecule has 2 aromatic rings. The van der Waals surface area contributed by atoms with Gasteiger partial charge in [-0.15, -0.1) is 11.3 Å². The summed E-state index contributed by atoms with van der Waals surface area (Å²) >= 11 is 1.21. The summed E-state index contributed by atoms with van der Waals surface area (Å²) in [5.41, 5.74) is 7.23. The number of hydrogen-bond acceptors (Lipinski definition) is 4. The van der Waals surface area contributed by atoms with E-state index in [1.54, 1.807) is 0 Å². The molecule has 0 amide bonds. The molecule has 0 spiro atoms. The summed E-state index contributed by atoms with van der Waals surface area (Å²) < 4.78 is 31.0. The lowest BCUT2D eigenvalue weighted by Gasteiger charge is -2.05. The molecular weight excluding hydrogens is 284 g/mol. The van der Waals surface area contributed by atoms with Crippen molar-refractivity contribution in [2.75, 3.05) is 12.8 Å². The number of thiophene rings is 1. The smallest absolute Gasteiger partial charge is 0.350 e. The number of halogens is 2. The molecule has 1 aromatic carbocycles. The van der Waals surface area contributed by atoms with Crippen LogP contribution in [0.1, 0.15) is 21.5 Å². The molecule has 0 radical (unpaired) electrons. The molecule has 0 aliphatic heterocycles. The van der Waals surface area contributed by atoms with E-state index in [0.717, 1.165) is 17.0 Å². The van der Waals surface area contributed by atoms with Gasteiger partial charge in [0.05, 0.1) is 12.8 Å². The van der Waals surface area contributed by atoms with Crippen LogP contribution in [0.3, 0.4) is 0 Å². The molecule has 0 saturated carbocycles. The maximum Gasteiger partial charge on any atom is 0.350 e. The number of aryl methyl sites for hydroxylation is 1. The minimum absolute atomic E-state index is 0.240. The molecule has 0 atom stereocenters. The zero-order chi connectivity index (χ0) is 14.9. The highest BCUT2D eigenvalue weighted by Gasteiger charge is 2.22. The first kappa shape index (κ1) is 14.5. The van der Waals surface area contributed by atoms with Gasteiger partial charge in [0.15, 0.2) is 11.6 Å². The second-order valence-electron chi connectivity index (χ2n) is 4.12. The largest absolute Gasteiger partial charge is 0.465 e. The predicted molar refractivity (Wildman–Crippen MR) is 74.8 cm³/mol. The van der Waals surface area contributed by atoms with Crippen molar-refractivity contribution in [3.63, 3.8) is 0 Å². The van der Waals surface area contributed by atoms with E-state index < -0.39 is 17.6 Å². The van der Waals surface area contributed by atoms with E-state index in [1.165, 1.54) is 24.5 Å². The lowest BCUT2D eigenvalue weighted by Crippen LogP contribution is -2.02. The molecule has 0 saturated heterocycles. The molecule has 0 fully saturated rings. The first-order valence-electron chi connectivity index (χ1n) is 5.94. The molecule has 0 aliphatic carbocycles.